The van der Waals surface area contributed by atoms with Crippen molar-refractivity contribution in [1.29, 1.82) is 5.26 Å². The van der Waals surface area contributed by atoms with Crippen LogP contribution in [0.5, 0.6) is 0 Å². The highest BCUT2D eigenvalue weighted by Gasteiger charge is 2.28. The highest BCUT2D eigenvalue weighted by molar-refractivity contribution is 5.78. The Morgan fingerprint density at radius 3 is 2.43 bits per heavy atom. The van der Waals surface area contributed by atoms with Gasteiger partial charge in [-0.25, -0.2) is 0 Å². The topological polar surface area (TPSA) is 63.5 Å². The summed E-state index contributed by atoms with van der Waals surface area (Å²) in [5, 5.41) is 9.59. The monoisotopic (exact) mass is 377 g/mol. The zero-order valence-electron chi connectivity index (χ0n) is 16.5. The molecule has 1 aliphatic rings. The van der Waals surface area contributed by atoms with Crippen molar-refractivity contribution >= 4 is 5.91 Å². The predicted octanol–water partition coefficient (Wildman–Crippen LogP) is 2.48. The van der Waals surface area contributed by atoms with E-state index in [2.05, 4.69) is 39.9 Å². The van der Waals surface area contributed by atoms with E-state index < -0.39 is 0 Å². The molecular formula is C22H27N5O. The van der Waals surface area contributed by atoms with Gasteiger partial charge < -0.3 is 4.90 Å². The highest BCUT2D eigenvalue weighted by atomic mass is 16.2. The van der Waals surface area contributed by atoms with Gasteiger partial charge in [0.25, 0.3) is 0 Å². The third-order valence-electron chi connectivity index (χ3n) is 5.48. The van der Waals surface area contributed by atoms with Crippen molar-refractivity contribution in [3.63, 3.8) is 0 Å². The Balaban J connectivity index is 1.53. The van der Waals surface area contributed by atoms with E-state index in [-0.39, 0.29) is 18.0 Å². The normalized spacial score (nSPS) is 17.1. The fraction of sp³-hybridized carbons (Fsp3) is 0.409. The molecule has 0 aliphatic carbocycles. The largest absolute Gasteiger partial charge is 0.339 e. The number of pyridine rings is 1. The average Bonchev–Trinajstić information content (AvgIpc) is 2.75. The van der Waals surface area contributed by atoms with Crippen LogP contribution in [0.4, 0.5) is 0 Å². The van der Waals surface area contributed by atoms with Gasteiger partial charge in [0.05, 0.1) is 12.6 Å². The van der Waals surface area contributed by atoms with Crippen molar-refractivity contribution in [2.75, 3.05) is 39.8 Å². The fourth-order valence-electron chi connectivity index (χ4n) is 3.57. The van der Waals surface area contributed by atoms with Crippen LogP contribution in [0.1, 0.15) is 30.1 Å². The summed E-state index contributed by atoms with van der Waals surface area (Å²) in [6.07, 6.45) is 3.45. The molecule has 3 rings (SSSR count). The Morgan fingerprint density at radius 2 is 1.82 bits per heavy atom. The molecule has 0 bridgehead atoms. The Labute approximate surface area is 167 Å². The van der Waals surface area contributed by atoms with Crippen molar-refractivity contribution in [1.82, 2.24) is 19.7 Å². The molecule has 2 heterocycles. The smallest absolute Gasteiger partial charge is 0.236 e. The number of carbonyl (C=O) groups excluding carboxylic acids is 1. The summed E-state index contributed by atoms with van der Waals surface area (Å²) in [6, 6.07) is 16.2. The summed E-state index contributed by atoms with van der Waals surface area (Å²) >= 11 is 0. The van der Waals surface area contributed by atoms with Crippen molar-refractivity contribution < 1.29 is 4.79 Å². The molecule has 1 fully saturated rings. The number of hydrogen-bond acceptors (Lipinski definition) is 5. The lowest BCUT2D eigenvalue weighted by Gasteiger charge is -2.38. The van der Waals surface area contributed by atoms with Gasteiger partial charge in [0.15, 0.2) is 0 Å². The lowest BCUT2D eigenvalue weighted by molar-refractivity contribution is -0.134. The molecular weight excluding hydrogens is 350 g/mol. The number of hydrogen-bond donors (Lipinski definition) is 0. The molecule has 0 N–H and O–H groups in total. The summed E-state index contributed by atoms with van der Waals surface area (Å²) in [5.41, 5.74) is 2.11. The molecule has 2 unspecified atom stereocenters. The van der Waals surface area contributed by atoms with E-state index in [1.165, 1.54) is 5.56 Å². The Bertz CT molecular complexity index is 797. The van der Waals surface area contributed by atoms with E-state index in [1.54, 1.807) is 12.4 Å². The number of nitriles is 1. The van der Waals surface area contributed by atoms with Crippen LogP contribution in [0.3, 0.4) is 0 Å². The molecule has 0 spiro atoms. The van der Waals surface area contributed by atoms with Crippen molar-refractivity contribution in [3.8, 4) is 6.07 Å². The van der Waals surface area contributed by atoms with Crippen molar-refractivity contribution in [3.05, 3.63) is 66.0 Å². The second kappa shape index (κ2) is 9.45. The van der Waals surface area contributed by atoms with Gasteiger partial charge in [-0.2, -0.15) is 5.26 Å². The van der Waals surface area contributed by atoms with E-state index in [1.807, 2.05) is 42.3 Å². The third kappa shape index (κ3) is 4.75. The Morgan fingerprint density at radius 1 is 1.14 bits per heavy atom. The van der Waals surface area contributed by atoms with Crippen LogP contribution >= 0.6 is 0 Å². The fourth-order valence-corrected chi connectivity index (χ4v) is 3.57. The predicted molar refractivity (Wildman–Crippen MR) is 108 cm³/mol. The summed E-state index contributed by atoms with van der Waals surface area (Å²) in [6.45, 7) is 5.18. The van der Waals surface area contributed by atoms with E-state index in [0.29, 0.717) is 32.7 Å². The summed E-state index contributed by atoms with van der Waals surface area (Å²) in [7, 11) is 1.99. The maximum Gasteiger partial charge on any atom is 0.236 e. The van der Waals surface area contributed by atoms with Gasteiger partial charge in [0.1, 0.15) is 6.04 Å². The van der Waals surface area contributed by atoms with Crippen molar-refractivity contribution in [2.24, 2.45) is 0 Å². The molecule has 2 aromatic rings. The first-order valence-electron chi connectivity index (χ1n) is 9.66. The van der Waals surface area contributed by atoms with E-state index in [0.717, 1.165) is 5.56 Å². The molecule has 1 aliphatic heterocycles. The van der Waals surface area contributed by atoms with Crippen LogP contribution in [-0.4, -0.2) is 65.4 Å². The van der Waals surface area contributed by atoms with Gasteiger partial charge in [-0.15, -0.1) is 0 Å². The molecule has 2 atom stereocenters. The number of piperazine rings is 1. The highest BCUT2D eigenvalue weighted by Crippen LogP contribution is 2.21. The molecule has 28 heavy (non-hydrogen) atoms. The molecule has 0 saturated carbocycles. The van der Waals surface area contributed by atoms with Crippen LogP contribution in [0.15, 0.2) is 54.9 Å². The summed E-state index contributed by atoms with van der Waals surface area (Å²) < 4.78 is 0. The molecule has 1 amide bonds. The maximum absolute atomic E-state index is 12.8. The molecule has 1 saturated heterocycles. The zero-order chi connectivity index (χ0) is 19.9. The minimum atomic E-state index is -0.313. The number of benzene rings is 1. The summed E-state index contributed by atoms with van der Waals surface area (Å²) in [4.78, 5) is 23.0. The minimum absolute atomic E-state index is 0.139. The standard InChI is InChI=1S/C22H27N5O/c1-18(19-7-4-3-5-8-19)25(2)17-22(28)27-13-11-26(12-14-27)21(15-23)20-9-6-10-24-16-20/h3-10,16,18,21H,11-14,17H2,1-2H3. The van der Waals surface area contributed by atoms with Gasteiger partial charge >= 0.3 is 0 Å². The van der Waals surface area contributed by atoms with Gasteiger partial charge in [0.2, 0.25) is 5.91 Å². The van der Waals surface area contributed by atoms with Crippen LogP contribution < -0.4 is 0 Å². The molecule has 146 valence electrons. The second-order valence-corrected chi connectivity index (χ2v) is 7.24. The molecule has 1 aromatic carbocycles. The number of rotatable bonds is 6. The van der Waals surface area contributed by atoms with Crippen LogP contribution in [0.25, 0.3) is 0 Å². The number of likely N-dealkylation sites (N-methyl/N-ethyl adjacent to an activating group) is 1. The number of nitrogens with zero attached hydrogens (tertiary/aromatic N) is 5. The van der Waals surface area contributed by atoms with Gasteiger partial charge in [-0.3, -0.25) is 19.6 Å². The first-order chi connectivity index (χ1) is 13.6. The lowest BCUT2D eigenvalue weighted by Crippen LogP contribution is -2.51. The number of carbonyl (C=O) groups is 1. The Hall–Kier alpha value is -2.75. The van der Waals surface area contributed by atoms with E-state index >= 15 is 0 Å². The maximum atomic E-state index is 12.8. The Kier molecular flexibility index (Phi) is 6.75. The SMILES string of the molecule is CC(c1ccccc1)N(C)CC(=O)N1CCN(C(C#N)c2cccnc2)CC1. The van der Waals surface area contributed by atoms with Crippen molar-refractivity contribution in [2.45, 2.75) is 19.0 Å². The first kappa shape index (κ1) is 20.0. The first-order valence-corrected chi connectivity index (χ1v) is 9.66. The van der Waals surface area contributed by atoms with E-state index in [9.17, 15) is 10.1 Å². The van der Waals surface area contributed by atoms with Gasteiger partial charge in [-0.1, -0.05) is 36.4 Å². The van der Waals surface area contributed by atoms with Crippen LogP contribution in [0.2, 0.25) is 0 Å². The number of amides is 1. The minimum Gasteiger partial charge on any atom is -0.339 e. The second-order valence-electron chi connectivity index (χ2n) is 7.24. The lowest BCUT2D eigenvalue weighted by atomic mass is 10.1. The molecule has 6 nitrogen and oxygen atoms in total. The van der Waals surface area contributed by atoms with Crippen LogP contribution in [-0.2, 0) is 4.79 Å². The number of aromatic nitrogens is 1. The van der Waals surface area contributed by atoms with Gasteiger partial charge in [0, 0.05) is 50.2 Å². The van der Waals surface area contributed by atoms with Gasteiger partial charge in [-0.05, 0) is 25.6 Å². The van der Waals surface area contributed by atoms with E-state index in [4.69, 9.17) is 0 Å². The average molecular weight is 377 g/mol. The quantitative estimate of drug-likeness (QED) is 0.774. The molecule has 1 aromatic heterocycles. The van der Waals surface area contributed by atoms with Crippen LogP contribution in [0, 0.1) is 11.3 Å². The molecule has 0 radical (unpaired) electrons. The third-order valence-corrected chi connectivity index (χ3v) is 5.48. The zero-order valence-corrected chi connectivity index (χ0v) is 16.5. The summed E-state index contributed by atoms with van der Waals surface area (Å²) in [5.74, 6) is 0.139. The molecule has 6 heteroatoms.